The van der Waals surface area contributed by atoms with E-state index in [1.807, 2.05) is 18.2 Å². The van der Waals surface area contributed by atoms with Gasteiger partial charge in [0.15, 0.2) is 11.5 Å². The lowest BCUT2D eigenvalue weighted by atomic mass is 10.1. The first-order valence-corrected chi connectivity index (χ1v) is 11.5. The molecule has 0 spiro atoms. The molecule has 0 atom stereocenters. The summed E-state index contributed by atoms with van der Waals surface area (Å²) in [5.74, 6) is 0.695. The van der Waals surface area contributed by atoms with Crippen LogP contribution in [0.3, 0.4) is 0 Å². The molecule has 0 radical (unpaired) electrons. The van der Waals surface area contributed by atoms with Crippen molar-refractivity contribution >= 4 is 21.6 Å². The maximum absolute atomic E-state index is 13.5. The molecule has 0 saturated heterocycles. The molecule has 1 aromatic heterocycles. The van der Waals surface area contributed by atoms with E-state index in [0.29, 0.717) is 34.2 Å². The molecule has 0 bridgehead atoms. The summed E-state index contributed by atoms with van der Waals surface area (Å²) in [6, 6.07) is 12.3. The maximum atomic E-state index is 13.5. The standard InChI is InChI=1S/C22H20ClFN2O5S/c1-29-20-11-14(19-4-3-5-21(25-19)30-2)10-15-13-26(8-9-31-22(15)20)32(27,28)16-6-7-18(24)17(23)12-16/h3-7,10-12H,8-9,13H2,1-2H3. The molecule has 1 aliphatic rings. The van der Waals surface area contributed by atoms with E-state index in [0.717, 1.165) is 12.1 Å². The Labute approximate surface area is 190 Å². The second-order valence-electron chi connectivity index (χ2n) is 6.99. The summed E-state index contributed by atoms with van der Waals surface area (Å²) >= 11 is 5.81. The number of hydrogen-bond donors (Lipinski definition) is 0. The van der Waals surface area contributed by atoms with Crippen molar-refractivity contribution < 1.29 is 27.0 Å². The highest BCUT2D eigenvalue weighted by Gasteiger charge is 2.30. The van der Waals surface area contributed by atoms with E-state index < -0.39 is 15.8 Å². The van der Waals surface area contributed by atoms with Gasteiger partial charge in [-0.05, 0) is 36.4 Å². The average Bonchev–Trinajstić information content (AvgIpc) is 3.03. The molecule has 0 fully saturated rings. The third kappa shape index (κ3) is 4.23. The van der Waals surface area contributed by atoms with Crippen molar-refractivity contribution in [2.75, 3.05) is 27.4 Å². The van der Waals surface area contributed by atoms with Crippen LogP contribution in [0.1, 0.15) is 5.56 Å². The van der Waals surface area contributed by atoms with Crippen LogP contribution in [0.2, 0.25) is 5.02 Å². The van der Waals surface area contributed by atoms with Gasteiger partial charge in [-0.25, -0.2) is 17.8 Å². The molecule has 4 rings (SSSR count). The molecule has 0 unspecified atom stereocenters. The van der Waals surface area contributed by atoms with Crippen LogP contribution in [0.5, 0.6) is 17.4 Å². The molecule has 10 heteroatoms. The van der Waals surface area contributed by atoms with Crippen LogP contribution in [0.15, 0.2) is 53.4 Å². The van der Waals surface area contributed by atoms with Crippen molar-refractivity contribution in [2.24, 2.45) is 0 Å². The van der Waals surface area contributed by atoms with Crippen molar-refractivity contribution in [1.82, 2.24) is 9.29 Å². The number of ether oxygens (including phenoxy) is 3. The molecule has 1 aliphatic heterocycles. The smallest absolute Gasteiger partial charge is 0.243 e. The molecular weight excluding hydrogens is 459 g/mol. The van der Waals surface area contributed by atoms with E-state index in [9.17, 15) is 12.8 Å². The Morgan fingerprint density at radius 1 is 1.12 bits per heavy atom. The zero-order valence-corrected chi connectivity index (χ0v) is 18.9. The van der Waals surface area contributed by atoms with E-state index in [2.05, 4.69) is 4.98 Å². The van der Waals surface area contributed by atoms with Gasteiger partial charge in [-0.2, -0.15) is 4.31 Å². The molecule has 7 nitrogen and oxygen atoms in total. The summed E-state index contributed by atoms with van der Waals surface area (Å²) in [6.45, 7) is 0.247. The van der Waals surface area contributed by atoms with E-state index in [1.165, 1.54) is 24.6 Å². The zero-order valence-electron chi connectivity index (χ0n) is 17.3. The lowest BCUT2D eigenvalue weighted by Crippen LogP contribution is -2.32. The van der Waals surface area contributed by atoms with Gasteiger partial charge in [0.2, 0.25) is 15.9 Å². The number of benzene rings is 2. The summed E-state index contributed by atoms with van der Waals surface area (Å²) < 4.78 is 57.8. The minimum atomic E-state index is -3.95. The number of hydrogen-bond acceptors (Lipinski definition) is 6. The number of rotatable bonds is 5. The Morgan fingerprint density at radius 3 is 2.66 bits per heavy atom. The van der Waals surface area contributed by atoms with Crippen molar-refractivity contribution in [3.63, 3.8) is 0 Å². The van der Waals surface area contributed by atoms with Crippen LogP contribution >= 0.6 is 11.6 Å². The normalized spacial score (nSPS) is 14.2. The fourth-order valence-corrected chi connectivity index (χ4v) is 5.11. The van der Waals surface area contributed by atoms with Gasteiger partial charge in [-0.1, -0.05) is 17.7 Å². The summed E-state index contributed by atoms with van der Waals surface area (Å²) in [4.78, 5) is 4.35. The van der Waals surface area contributed by atoms with Crippen molar-refractivity contribution in [1.29, 1.82) is 0 Å². The summed E-state index contributed by atoms with van der Waals surface area (Å²) in [6.07, 6.45) is 0. The predicted octanol–water partition coefficient (Wildman–Crippen LogP) is 4.14. The van der Waals surface area contributed by atoms with Crippen LogP contribution in [0.25, 0.3) is 11.3 Å². The first-order chi connectivity index (χ1) is 15.3. The average molecular weight is 479 g/mol. The summed E-state index contributed by atoms with van der Waals surface area (Å²) in [7, 11) is -0.904. The molecule has 2 heterocycles. The highest BCUT2D eigenvalue weighted by Crippen LogP contribution is 2.39. The van der Waals surface area contributed by atoms with Crippen LogP contribution in [0, 0.1) is 5.82 Å². The number of nitrogens with zero attached hydrogens (tertiary/aromatic N) is 2. The first kappa shape index (κ1) is 22.3. The fourth-order valence-electron chi connectivity index (χ4n) is 3.44. The van der Waals surface area contributed by atoms with Crippen LogP contribution < -0.4 is 14.2 Å². The van der Waals surface area contributed by atoms with Gasteiger partial charge >= 0.3 is 0 Å². The highest BCUT2D eigenvalue weighted by atomic mass is 35.5. The third-order valence-electron chi connectivity index (χ3n) is 5.04. The topological polar surface area (TPSA) is 78.0 Å². The first-order valence-electron chi connectivity index (χ1n) is 9.64. The molecule has 0 N–H and O–H groups in total. The highest BCUT2D eigenvalue weighted by molar-refractivity contribution is 7.89. The number of pyridine rings is 1. The molecule has 3 aromatic rings. The molecule has 32 heavy (non-hydrogen) atoms. The van der Waals surface area contributed by atoms with Gasteiger partial charge in [0.05, 0.1) is 29.8 Å². The van der Waals surface area contributed by atoms with Gasteiger partial charge in [0.25, 0.3) is 0 Å². The van der Waals surface area contributed by atoms with Gasteiger partial charge in [-0.3, -0.25) is 0 Å². The lowest BCUT2D eigenvalue weighted by molar-refractivity contribution is 0.279. The predicted molar refractivity (Wildman–Crippen MR) is 117 cm³/mol. The second kappa shape index (κ2) is 8.93. The number of sulfonamides is 1. The van der Waals surface area contributed by atoms with E-state index in [4.69, 9.17) is 25.8 Å². The summed E-state index contributed by atoms with van der Waals surface area (Å²) in [5.41, 5.74) is 1.96. The Morgan fingerprint density at radius 2 is 1.94 bits per heavy atom. The minimum absolute atomic E-state index is 0.0286. The minimum Gasteiger partial charge on any atom is -0.493 e. The van der Waals surface area contributed by atoms with Crippen molar-refractivity contribution in [3.05, 3.63) is 64.9 Å². The Hall–Kier alpha value is -2.88. The Kier molecular flexibility index (Phi) is 6.23. The molecule has 168 valence electrons. The van der Waals surface area contributed by atoms with Crippen LogP contribution in [-0.4, -0.2) is 45.1 Å². The van der Waals surface area contributed by atoms with Gasteiger partial charge < -0.3 is 14.2 Å². The third-order valence-corrected chi connectivity index (χ3v) is 7.17. The Balaban J connectivity index is 1.76. The lowest BCUT2D eigenvalue weighted by Gasteiger charge is -2.20. The molecule has 0 saturated carbocycles. The van der Waals surface area contributed by atoms with E-state index >= 15 is 0 Å². The van der Waals surface area contributed by atoms with Crippen LogP contribution in [-0.2, 0) is 16.6 Å². The number of halogens is 2. The molecule has 2 aromatic carbocycles. The fraction of sp³-hybridized carbons (Fsp3) is 0.227. The maximum Gasteiger partial charge on any atom is 0.243 e. The molecule has 0 aliphatic carbocycles. The van der Waals surface area contributed by atoms with Crippen molar-refractivity contribution in [3.8, 4) is 28.6 Å². The number of methoxy groups -OCH3 is 2. The van der Waals surface area contributed by atoms with Gasteiger partial charge in [-0.15, -0.1) is 0 Å². The second-order valence-corrected chi connectivity index (χ2v) is 9.34. The largest absolute Gasteiger partial charge is 0.493 e. The number of fused-ring (bicyclic) bond motifs is 1. The van der Waals surface area contributed by atoms with Crippen LogP contribution in [0.4, 0.5) is 4.39 Å². The monoisotopic (exact) mass is 478 g/mol. The zero-order chi connectivity index (χ0) is 22.9. The van der Waals surface area contributed by atoms with E-state index in [1.54, 1.807) is 12.1 Å². The summed E-state index contributed by atoms with van der Waals surface area (Å²) in [5, 5.41) is -0.259. The Bertz CT molecular complexity index is 1270. The van der Waals surface area contributed by atoms with Gasteiger partial charge in [0.1, 0.15) is 12.4 Å². The van der Waals surface area contributed by atoms with Gasteiger partial charge in [0, 0.05) is 30.3 Å². The quantitative estimate of drug-likeness (QED) is 0.548. The van der Waals surface area contributed by atoms with E-state index in [-0.39, 0.29) is 29.6 Å². The molecule has 0 amide bonds. The SMILES string of the molecule is COc1cccc(-c2cc3c(c(OC)c2)OCCN(S(=O)(=O)c2ccc(F)c(Cl)c2)C3)n1. The van der Waals surface area contributed by atoms with Crippen molar-refractivity contribution in [2.45, 2.75) is 11.4 Å². The molecular formula is C22H20ClFN2O5S. The number of aromatic nitrogens is 1.